The fourth-order valence-electron chi connectivity index (χ4n) is 1.71. The smallest absolute Gasteiger partial charge is 0.336 e. The first-order valence-electron chi connectivity index (χ1n) is 6.66. The number of ether oxygens (including phenoxy) is 2. The molecule has 22 heavy (non-hydrogen) atoms. The Morgan fingerprint density at radius 1 is 1.14 bits per heavy atom. The molecule has 0 aliphatic heterocycles. The van der Waals surface area contributed by atoms with E-state index in [0.717, 1.165) is 11.3 Å². The van der Waals surface area contributed by atoms with Crippen LogP contribution in [0.2, 0.25) is 10.0 Å². The molecule has 5 heteroatoms. The van der Waals surface area contributed by atoms with Gasteiger partial charge in [-0.1, -0.05) is 35.3 Å². The average Bonchev–Trinajstić information content (AvgIpc) is 2.50. The van der Waals surface area contributed by atoms with Crippen molar-refractivity contribution in [2.45, 2.75) is 6.92 Å². The lowest BCUT2D eigenvalue weighted by Gasteiger charge is -2.04. The van der Waals surface area contributed by atoms with E-state index in [1.54, 1.807) is 18.2 Å². The highest BCUT2D eigenvalue weighted by Gasteiger charge is 2.06. The first-order chi connectivity index (χ1) is 10.6. The van der Waals surface area contributed by atoms with Crippen molar-refractivity contribution in [3.63, 3.8) is 0 Å². The molecule has 2 aromatic rings. The summed E-state index contributed by atoms with van der Waals surface area (Å²) in [6.45, 7) is 2.54. The number of hydrogen-bond acceptors (Lipinski definition) is 3. The van der Waals surface area contributed by atoms with Crippen LogP contribution in [0.4, 0.5) is 0 Å². The Morgan fingerprint density at radius 3 is 2.50 bits per heavy atom. The van der Waals surface area contributed by atoms with Crippen LogP contribution in [0.15, 0.2) is 48.5 Å². The van der Waals surface area contributed by atoms with E-state index in [-0.39, 0.29) is 10.8 Å². The van der Waals surface area contributed by atoms with Gasteiger partial charge in [0, 0.05) is 11.1 Å². The van der Waals surface area contributed by atoms with Gasteiger partial charge in [0.1, 0.15) is 11.5 Å². The molecular weight excluding hydrogens is 323 g/mol. The summed E-state index contributed by atoms with van der Waals surface area (Å²) in [6.07, 6.45) is 2.99. The van der Waals surface area contributed by atoms with Crippen molar-refractivity contribution >= 4 is 35.2 Å². The molecule has 0 unspecified atom stereocenters. The average molecular weight is 337 g/mol. The van der Waals surface area contributed by atoms with E-state index in [9.17, 15) is 4.79 Å². The Morgan fingerprint density at radius 2 is 1.86 bits per heavy atom. The number of hydrogen-bond donors (Lipinski definition) is 0. The molecule has 0 N–H and O–H groups in total. The molecule has 0 radical (unpaired) electrons. The maximum atomic E-state index is 11.8. The van der Waals surface area contributed by atoms with Crippen LogP contribution in [0.1, 0.15) is 12.5 Å². The lowest BCUT2D eigenvalue weighted by atomic mass is 10.2. The van der Waals surface area contributed by atoms with Crippen molar-refractivity contribution in [1.82, 2.24) is 0 Å². The van der Waals surface area contributed by atoms with Crippen molar-refractivity contribution in [3.8, 4) is 11.5 Å². The van der Waals surface area contributed by atoms with Crippen molar-refractivity contribution in [1.29, 1.82) is 0 Å². The fraction of sp³-hybridized carbons (Fsp3) is 0.118. The molecule has 0 bridgehead atoms. The summed E-state index contributed by atoms with van der Waals surface area (Å²) in [7, 11) is 0. The zero-order valence-electron chi connectivity index (χ0n) is 11.9. The molecular formula is C17H14Cl2O3. The third-order valence-corrected chi connectivity index (χ3v) is 3.24. The summed E-state index contributed by atoms with van der Waals surface area (Å²) >= 11 is 11.7. The number of rotatable bonds is 5. The van der Waals surface area contributed by atoms with Crippen molar-refractivity contribution < 1.29 is 14.3 Å². The molecule has 0 aliphatic carbocycles. The third kappa shape index (κ3) is 4.79. The molecule has 0 aliphatic rings. The molecule has 0 heterocycles. The van der Waals surface area contributed by atoms with Gasteiger partial charge in [0.05, 0.1) is 11.6 Å². The summed E-state index contributed by atoms with van der Waals surface area (Å²) in [6, 6.07) is 12.0. The molecule has 2 rings (SSSR count). The summed E-state index contributed by atoms with van der Waals surface area (Å²) in [4.78, 5) is 11.8. The monoisotopic (exact) mass is 336 g/mol. The molecule has 2 aromatic carbocycles. The Bertz CT molecular complexity index is 679. The van der Waals surface area contributed by atoms with Gasteiger partial charge in [-0.3, -0.25) is 0 Å². The lowest BCUT2D eigenvalue weighted by Crippen LogP contribution is -2.03. The van der Waals surface area contributed by atoms with E-state index >= 15 is 0 Å². The zero-order chi connectivity index (χ0) is 15.9. The topological polar surface area (TPSA) is 35.5 Å². The summed E-state index contributed by atoms with van der Waals surface area (Å²) < 4.78 is 10.5. The van der Waals surface area contributed by atoms with Gasteiger partial charge in [0.15, 0.2) is 0 Å². The zero-order valence-corrected chi connectivity index (χ0v) is 13.4. The predicted molar refractivity (Wildman–Crippen MR) is 88.7 cm³/mol. The van der Waals surface area contributed by atoms with Gasteiger partial charge >= 0.3 is 5.97 Å². The highest BCUT2D eigenvalue weighted by molar-refractivity contribution is 6.35. The van der Waals surface area contributed by atoms with Crippen LogP contribution in [0.5, 0.6) is 11.5 Å². The first-order valence-corrected chi connectivity index (χ1v) is 7.42. The van der Waals surface area contributed by atoms with E-state index in [4.69, 9.17) is 32.7 Å². The molecule has 0 fully saturated rings. The highest BCUT2D eigenvalue weighted by atomic mass is 35.5. The SMILES string of the molecule is CCOc1ccc(C=CC(=O)Oc2ccc(Cl)cc2Cl)cc1. The first kappa shape index (κ1) is 16.4. The molecule has 0 spiro atoms. The van der Waals surface area contributed by atoms with Gasteiger partial charge in [-0.2, -0.15) is 0 Å². The van der Waals surface area contributed by atoms with E-state index in [0.29, 0.717) is 11.6 Å². The minimum absolute atomic E-state index is 0.271. The summed E-state index contributed by atoms with van der Waals surface area (Å²) in [5.74, 6) is 0.542. The second kappa shape index (κ2) is 7.87. The van der Waals surface area contributed by atoms with Crippen LogP contribution in [0, 0.1) is 0 Å². The molecule has 0 saturated carbocycles. The molecule has 0 amide bonds. The van der Waals surface area contributed by atoms with Gasteiger partial charge in [-0.25, -0.2) is 4.79 Å². The fourth-order valence-corrected chi connectivity index (χ4v) is 2.15. The highest BCUT2D eigenvalue weighted by Crippen LogP contribution is 2.27. The van der Waals surface area contributed by atoms with Crippen molar-refractivity contribution in [3.05, 3.63) is 64.1 Å². The van der Waals surface area contributed by atoms with E-state index < -0.39 is 5.97 Å². The molecule has 114 valence electrons. The van der Waals surface area contributed by atoms with Crippen LogP contribution < -0.4 is 9.47 Å². The summed E-state index contributed by atoms with van der Waals surface area (Å²) in [5.41, 5.74) is 0.864. The van der Waals surface area contributed by atoms with Gasteiger partial charge in [0.2, 0.25) is 0 Å². The molecule has 3 nitrogen and oxygen atoms in total. The van der Waals surface area contributed by atoms with Crippen LogP contribution in [0.3, 0.4) is 0 Å². The van der Waals surface area contributed by atoms with Crippen molar-refractivity contribution in [2.75, 3.05) is 6.61 Å². The number of carbonyl (C=O) groups excluding carboxylic acids is 1. The minimum atomic E-state index is -0.516. The number of benzene rings is 2. The second-order valence-electron chi connectivity index (χ2n) is 4.33. The Kier molecular flexibility index (Phi) is 5.87. The molecule has 0 aromatic heterocycles. The number of halogens is 2. The predicted octanol–water partition coefficient (Wildman–Crippen LogP) is 5.01. The van der Waals surface area contributed by atoms with Crippen LogP contribution in [-0.2, 0) is 4.79 Å². The number of carbonyl (C=O) groups is 1. The summed E-state index contributed by atoms with van der Waals surface area (Å²) in [5, 5.41) is 0.769. The lowest BCUT2D eigenvalue weighted by molar-refractivity contribution is -0.128. The van der Waals surface area contributed by atoms with E-state index in [2.05, 4.69) is 0 Å². The minimum Gasteiger partial charge on any atom is -0.494 e. The molecule has 0 saturated heterocycles. The van der Waals surface area contributed by atoms with Crippen LogP contribution in [0.25, 0.3) is 6.08 Å². The Balaban J connectivity index is 1.98. The number of esters is 1. The second-order valence-corrected chi connectivity index (χ2v) is 5.17. The Labute approximate surface area is 139 Å². The maximum Gasteiger partial charge on any atom is 0.336 e. The largest absolute Gasteiger partial charge is 0.494 e. The van der Waals surface area contributed by atoms with E-state index in [1.807, 2.05) is 31.2 Å². The maximum absolute atomic E-state index is 11.8. The standard InChI is InChI=1S/C17H14Cl2O3/c1-2-21-14-7-3-12(4-8-14)5-10-17(20)22-16-9-6-13(18)11-15(16)19/h3-11H,2H2,1H3. The van der Waals surface area contributed by atoms with Gasteiger partial charge < -0.3 is 9.47 Å². The normalized spacial score (nSPS) is 10.7. The third-order valence-electron chi connectivity index (χ3n) is 2.71. The van der Waals surface area contributed by atoms with Gasteiger partial charge in [0.25, 0.3) is 0 Å². The quantitative estimate of drug-likeness (QED) is 0.437. The van der Waals surface area contributed by atoms with Crippen LogP contribution >= 0.6 is 23.2 Å². The Hall–Kier alpha value is -1.97. The van der Waals surface area contributed by atoms with Crippen LogP contribution in [-0.4, -0.2) is 12.6 Å². The molecule has 0 atom stereocenters. The van der Waals surface area contributed by atoms with Gasteiger partial charge in [-0.05, 0) is 48.9 Å². The van der Waals surface area contributed by atoms with Gasteiger partial charge in [-0.15, -0.1) is 0 Å². The van der Waals surface area contributed by atoms with Crippen molar-refractivity contribution in [2.24, 2.45) is 0 Å². The van der Waals surface area contributed by atoms with E-state index in [1.165, 1.54) is 12.1 Å².